The van der Waals surface area contributed by atoms with Crippen LogP contribution in [-0.2, 0) is 9.53 Å². The van der Waals surface area contributed by atoms with Gasteiger partial charge < -0.3 is 9.84 Å². The number of carboxylic acids is 1. The first-order valence-electron chi connectivity index (χ1n) is 6.50. The quantitative estimate of drug-likeness (QED) is 0.646. The van der Waals surface area contributed by atoms with E-state index in [4.69, 9.17) is 4.74 Å². The average molecular weight is 262 g/mol. The first-order chi connectivity index (χ1) is 8.90. The molecule has 0 atom stereocenters. The molecule has 0 amide bonds. The summed E-state index contributed by atoms with van der Waals surface area (Å²) in [6.07, 6.45) is 0. The van der Waals surface area contributed by atoms with Gasteiger partial charge in [0.1, 0.15) is 0 Å². The molecule has 0 fully saturated rings. The number of allylic oxidation sites excluding steroid dienone is 1. The molecule has 0 aliphatic rings. The second-order valence-electron chi connectivity index (χ2n) is 5.15. The minimum absolute atomic E-state index is 0.0306. The van der Waals surface area contributed by atoms with Gasteiger partial charge in [-0.2, -0.15) is 0 Å². The molecule has 0 unspecified atom stereocenters. The number of aliphatic carboxylic acids is 1. The third-order valence-electron chi connectivity index (χ3n) is 3.09. The van der Waals surface area contributed by atoms with Crippen molar-refractivity contribution in [2.75, 3.05) is 7.11 Å². The molecule has 0 aliphatic heterocycles. The smallest absolute Gasteiger partial charge is 0.371 e. The van der Waals surface area contributed by atoms with Crippen LogP contribution in [0.3, 0.4) is 0 Å². The Morgan fingerprint density at radius 3 is 2.16 bits per heavy atom. The van der Waals surface area contributed by atoms with E-state index in [-0.39, 0.29) is 11.7 Å². The van der Waals surface area contributed by atoms with Crippen LogP contribution in [0.1, 0.15) is 44.7 Å². The minimum Gasteiger partial charge on any atom is -0.490 e. The van der Waals surface area contributed by atoms with Gasteiger partial charge in [0.05, 0.1) is 7.11 Å². The summed E-state index contributed by atoms with van der Waals surface area (Å²) >= 11 is 0. The van der Waals surface area contributed by atoms with Crippen molar-refractivity contribution in [3.8, 4) is 0 Å². The lowest BCUT2D eigenvalue weighted by atomic mass is 9.86. The van der Waals surface area contributed by atoms with Crippen LogP contribution in [0.4, 0.5) is 0 Å². The maximum atomic E-state index is 11.3. The Morgan fingerprint density at radius 1 is 1.16 bits per heavy atom. The SMILES string of the molecule is COC(C(=O)O)=C(c1ccccc1C(C)C)C(C)C. The van der Waals surface area contributed by atoms with Crippen LogP contribution < -0.4 is 0 Å². The fourth-order valence-corrected chi connectivity index (χ4v) is 2.25. The lowest BCUT2D eigenvalue weighted by Crippen LogP contribution is -2.11. The molecule has 1 N–H and O–H groups in total. The topological polar surface area (TPSA) is 46.5 Å². The molecule has 0 bridgehead atoms. The van der Waals surface area contributed by atoms with Crippen molar-refractivity contribution in [2.45, 2.75) is 33.6 Å². The highest BCUT2D eigenvalue weighted by Gasteiger charge is 2.22. The van der Waals surface area contributed by atoms with Gasteiger partial charge in [-0.3, -0.25) is 0 Å². The van der Waals surface area contributed by atoms with Gasteiger partial charge in [0, 0.05) is 5.57 Å². The highest BCUT2D eigenvalue weighted by molar-refractivity contribution is 5.95. The van der Waals surface area contributed by atoms with Gasteiger partial charge in [0.2, 0.25) is 5.76 Å². The van der Waals surface area contributed by atoms with Crippen molar-refractivity contribution in [1.82, 2.24) is 0 Å². The van der Waals surface area contributed by atoms with Crippen molar-refractivity contribution in [1.29, 1.82) is 0 Å². The van der Waals surface area contributed by atoms with E-state index >= 15 is 0 Å². The van der Waals surface area contributed by atoms with E-state index in [0.29, 0.717) is 5.92 Å². The van der Waals surface area contributed by atoms with Crippen molar-refractivity contribution < 1.29 is 14.6 Å². The van der Waals surface area contributed by atoms with Crippen LogP contribution in [0, 0.1) is 5.92 Å². The Balaban J connectivity index is 3.57. The van der Waals surface area contributed by atoms with Gasteiger partial charge in [-0.25, -0.2) is 4.79 Å². The Morgan fingerprint density at radius 2 is 1.74 bits per heavy atom. The second kappa shape index (κ2) is 6.41. The number of rotatable bonds is 5. The van der Waals surface area contributed by atoms with Crippen LogP contribution in [0.25, 0.3) is 5.57 Å². The van der Waals surface area contributed by atoms with Gasteiger partial charge in [-0.05, 0) is 23.0 Å². The summed E-state index contributed by atoms with van der Waals surface area (Å²) in [4.78, 5) is 11.3. The molecule has 19 heavy (non-hydrogen) atoms. The molecule has 0 aromatic heterocycles. The Hall–Kier alpha value is -1.77. The van der Waals surface area contributed by atoms with E-state index in [1.54, 1.807) is 0 Å². The maximum Gasteiger partial charge on any atom is 0.371 e. The zero-order chi connectivity index (χ0) is 14.6. The van der Waals surface area contributed by atoms with E-state index in [1.165, 1.54) is 7.11 Å². The van der Waals surface area contributed by atoms with E-state index in [1.807, 2.05) is 38.1 Å². The number of carbonyl (C=O) groups is 1. The van der Waals surface area contributed by atoms with Gasteiger partial charge in [0.25, 0.3) is 0 Å². The summed E-state index contributed by atoms with van der Waals surface area (Å²) in [6.45, 7) is 8.16. The summed E-state index contributed by atoms with van der Waals surface area (Å²) in [7, 11) is 1.41. The number of hydrogen-bond donors (Lipinski definition) is 1. The van der Waals surface area contributed by atoms with Crippen LogP contribution in [0.5, 0.6) is 0 Å². The van der Waals surface area contributed by atoms with E-state index < -0.39 is 5.97 Å². The molecule has 1 aromatic rings. The third-order valence-corrected chi connectivity index (χ3v) is 3.09. The molecule has 0 heterocycles. The summed E-state index contributed by atoms with van der Waals surface area (Å²) in [5.41, 5.74) is 2.85. The van der Waals surface area contributed by atoms with Gasteiger partial charge in [-0.15, -0.1) is 0 Å². The first-order valence-corrected chi connectivity index (χ1v) is 6.50. The van der Waals surface area contributed by atoms with E-state index in [2.05, 4.69) is 13.8 Å². The van der Waals surface area contributed by atoms with Crippen molar-refractivity contribution in [3.05, 3.63) is 41.2 Å². The highest BCUT2D eigenvalue weighted by Crippen LogP contribution is 2.33. The fraction of sp³-hybridized carbons (Fsp3) is 0.438. The molecule has 0 saturated carbocycles. The van der Waals surface area contributed by atoms with Crippen LogP contribution in [0.2, 0.25) is 0 Å². The number of ether oxygens (including phenoxy) is 1. The van der Waals surface area contributed by atoms with E-state index in [0.717, 1.165) is 16.7 Å². The standard InChI is InChI=1S/C16H22O3/c1-10(2)12-8-6-7-9-13(12)14(11(3)4)15(19-5)16(17)18/h6-11H,1-5H3,(H,17,18). The van der Waals surface area contributed by atoms with Crippen molar-refractivity contribution in [3.63, 3.8) is 0 Å². The molecule has 1 aromatic carbocycles. The zero-order valence-electron chi connectivity index (χ0n) is 12.2. The van der Waals surface area contributed by atoms with Gasteiger partial charge in [-0.1, -0.05) is 52.0 Å². The van der Waals surface area contributed by atoms with Crippen molar-refractivity contribution >= 4 is 11.5 Å². The molecule has 1 rings (SSSR count). The predicted octanol–water partition coefficient (Wildman–Crippen LogP) is 3.91. The van der Waals surface area contributed by atoms with Crippen molar-refractivity contribution in [2.24, 2.45) is 5.92 Å². The normalized spacial score (nSPS) is 12.6. The van der Waals surface area contributed by atoms with E-state index in [9.17, 15) is 9.90 Å². The van der Waals surface area contributed by atoms with Crippen LogP contribution in [0.15, 0.2) is 30.0 Å². The summed E-state index contributed by atoms with van der Waals surface area (Å²) in [5.74, 6) is -0.587. The molecule has 0 spiro atoms. The fourth-order valence-electron chi connectivity index (χ4n) is 2.25. The van der Waals surface area contributed by atoms with Crippen LogP contribution in [-0.4, -0.2) is 18.2 Å². The number of hydrogen-bond acceptors (Lipinski definition) is 2. The minimum atomic E-state index is -1.02. The maximum absolute atomic E-state index is 11.3. The number of carboxylic acid groups (broad SMARTS) is 1. The predicted molar refractivity (Wildman–Crippen MR) is 76.9 cm³/mol. The van der Waals surface area contributed by atoms with Gasteiger partial charge in [0.15, 0.2) is 0 Å². The number of benzene rings is 1. The molecule has 0 radical (unpaired) electrons. The molecule has 3 heteroatoms. The molecule has 0 aliphatic carbocycles. The highest BCUT2D eigenvalue weighted by atomic mass is 16.5. The summed E-state index contributed by atoms with van der Waals surface area (Å²) in [6, 6.07) is 7.91. The Labute approximate surface area is 114 Å². The summed E-state index contributed by atoms with van der Waals surface area (Å²) < 4.78 is 5.10. The first kappa shape index (κ1) is 15.3. The lowest BCUT2D eigenvalue weighted by Gasteiger charge is -2.20. The molecule has 104 valence electrons. The molecular formula is C16H22O3. The second-order valence-corrected chi connectivity index (χ2v) is 5.15. The van der Waals surface area contributed by atoms with Gasteiger partial charge >= 0.3 is 5.97 Å². The molecule has 3 nitrogen and oxygen atoms in total. The van der Waals surface area contributed by atoms with Crippen LogP contribution >= 0.6 is 0 Å². The average Bonchev–Trinajstić information content (AvgIpc) is 2.34. The molecular weight excluding hydrogens is 240 g/mol. The Bertz CT molecular complexity index is 485. The number of methoxy groups -OCH3 is 1. The largest absolute Gasteiger partial charge is 0.490 e. The monoisotopic (exact) mass is 262 g/mol. The molecule has 0 saturated heterocycles. The summed E-state index contributed by atoms with van der Waals surface area (Å²) in [5, 5.41) is 9.30. The third kappa shape index (κ3) is 3.37. The Kier molecular flexibility index (Phi) is 5.16. The zero-order valence-corrected chi connectivity index (χ0v) is 12.2. The lowest BCUT2D eigenvalue weighted by molar-refractivity contribution is -0.136.